The average molecular weight is 296 g/mol. The van der Waals surface area contributed by atoms with Gasteiger partial charge in [0.05, 0.1) is 6.04 Å². The Morgan fingerprint density at radius 3 is 2.50 bits per heavy atom. The third-order valence-electron chi connectivity index (χ3n) is 3.00. The lowest BCUT2D eigenvalue weighted by Gasteiger charge is -2.19. The van der Waals surface area contributed by atoms with Gasteiger partial charge in [0.25, 0.3) is 0 Å². The Bertz CT molecular complexity index is 457. The summed E-state index contributed by atoms with van der Waals surface area (Å²) in [7, 11) is 0. The van der Waals surface area contributed by atoms with Crippen LogP contribution in [0.4, 0.5) is 0 Å². The summed E-state index contributed by atoms with van der Waals surface area (Å²) in [6.07, 6.45) is 0.663. The molecule has 0 fully saturated rings. The van der Waals surface area contributed by atoms with Crippen LogP contribution in [-0.2, 0) is 9.53 Å². The van der Waals surface area contributed by atoms with E-state index in [0.717, 1.165) is 11.1 Å². The summed E-state index contributed by atoms with van der Waals surface area (Å²) in [5.41, 5.74) is 2.03. The van der Waals surface area contributed by atoms with Crippen LogP contribution in [0.1, 0.15) is 32.8 Å². The van der Waals surface area contributed by atoms with Crippen LogP contribution < -0.4 is 5.32 Å². The summed E-state index contributed by atoms with van der Waals surface area (Å²) in [6, 6.07) is 9.70. The van der Waals surface area contributed by atoms with Crippen molar-refractivity contribution >= 4 is 23.1 Å². The molecular formula is C16H22ClNO2. The zero-order valence-corrected chi connectivity index (χ0v) is 13.0. The molecule has 1 N–H and O–H groups in total. The fraction of sp³-hybridized carbons (Fsp3) is 0.438. The summed E-state index contributed by atoms with van der Waals surface area (Å²) < 4.78 is 5.35. The number of carbonyl (C=O) groups is 1. The van der Waals surface area contributed by atoms with E-state index in [9.17, 15) is 4.79 Å². The van der Waals surface area contributed by atoms with Gasteiger partial charge in [-0.05, 0) is 31.4 Å². The van der Waals surface area contributed by atoms with Crippen molar-refractivity contribution < 1.29 is 9.53 Å². The van der Waals surface area contributed by atoms with Gasteiger partial charge in [0.1, 0.15) is 0 Å². The molecule has 1 unspecified atom stereocenters. The zero-order valence-electron chi connectivity index (χ0n) is 12.3. The number of benzene rings is 1. The van der Waals surface area contributed by atoms with Crippen molar-refractivity contribution in [2.24, 2.45) is 0 Å². The van der Waals surface area contributed by atoms with Crippen molar-refractivity contribution in [2.75, 3.05) is 13.2 Å². The predicted molar refractivity (Wildman–Crippen MR) is 83.6 cm³/mol. The molecule has 4 heteroatoms. The number of allylic oxidation sites excluding steroid dienone is 1. The van der Waals surface area contributed by atoms with Crippen LogP contribution in [0.5, 0.6) is 0 Å². The van der Waals surface area contributed by atoms with Crippen LogP contribution in [0.2, 0.25) is 0 Å². The standard InChI is InChI=1S/C16H22ClNO2/c1-4-20-11-10-15(18-13(3)19)16(17)12(2)14-8-6-5-7-9-14/h5-9,15H,4,10-11H2,1-3H3,(H,18,19)/b16-12-. The molecule has 0 heterocycles. The lowest BCUT2D eigenvalue weighted by molar-refractivity contribution is -0.119. The van der Waals surface area contributed by atoms with Crippen LogP contribution in [0.15, 0.2) is 35.4 Å². The van der Waals surface area contributed by atoms with E-state index < -0.39 is 0 Å². The Morgan fingerprint density at radius 1 is 1.30 bits per heavy atom. The molecule has 1 amide bonds. The third-order valence-corrected chi connectivity index (χ3v) is 3.55. The molecule has 1 rings (SSSR count). The van der Waals surface area contributed by atoms with Crippen molar-refractivity contribution in [2.45, 2.75) is 33.2 Å². The van der Waals surface area contributed by atoms with Crippen LogP contribution in [0.25, 0.3) is 5.57 Å². The molecular weight excluding hydrogens is 274 g/mol. The minimum Gasteiger partial charge on any atom is -0.382 e. The van der Waals surface area contributed by atoms with E-state index in [4.69, 9.17) is 16.3 Å². The molecule has 0 aliphatic rings. The van der Waals surface area contributed by atoms with E-state index >= 15 is 0 Å². The van der Waals surface area contributed by atoms with Crippen LogP contribution in [-0.4, -0.2) is 25.2 Å². The Hall–Kier alpha value is -1.32. The Kier molecular flexibility index (Phi) is 7.34. The monoisotopic (exact) mass is 295 g/mol. The van der Waals surface area contributed by atoms with Crippen LogP contribution in [0.3, 0.4) is 0 Å². The van der Waals surface area contributed by atoms with Gasteiger partial charge < -0.3 is 10.1 Å². The first-order valence-corrected chi connectivity index (χ1v) is 7.20. The Morgan fingerprint density at radius 2 is 1.95 bits per heavy atom. The number of carbonyl (C=O) groups excluding carboxylic acids is 1. The van der Waals surface area contributed by atoms with Crippen molar-refractivity contribution in [3.63, 3.8) is 0 Å². The average Bonchev–Trinajstić information content (AvgIpc) is 2.45. The van der Waals surface area contributed by atoms with Gasteiger partial charge in [-0.2, -0.15) is 0 Å². The quantitative estimate of drug-likeness (QED) is 0.781. The Balaban J connectivity index is 2.89. The lowest BCUT2D eigenvalue weighted by atomic mass is 10.0. The molecule has 0 spiro atoms. The maximum atomic E-state index is 11.3. The van der Waals surface area contributed by atoms with E-state index in [2.05, 4.69) is 5.32 Å². The first-order chi connectivity index (χ1) is 9.56. The minimum absolute atomic E-state index is 0.0921. The highest BCUT2D eigenvalue weighted by Crippen LogP contribution is 2.24. The molecule has 0 saturated carbocycles. The van der Waals surface area contributed by atoms with Gasteiger partial charge in [0.2, 0.25) is 5.91 Å². The highest BCUT2D eigenvalue weighted by atomic mass is 35.5. The molecule has 20 heavy (non-hydrogen) atoms. The van der Waals surface area contributed by atoms with Crippen molar-refractivity contribution in [3.05, 3.63) is 40.9 Å². The van der Waals surface area contributed by atoms with Gasteiger partial charge in [0, 0.05) is 25.2 Å². The second kappa shape index (κ2) is 8.77. The fourth-order valence-corrected chi connectivity index (χ4v) is 2.21. The molecule has 0 saturated heterocycles. The van der Waals surface area contributed by atoms with E-state index in [1.54, 1.807) is 0 Å². The third kappa shape index (κ3) is 5.35. The number of ether oxygens (including phenoxy) is 1. The van der Waals surface area contributed by atoms with E-state index in [-0.39, 0.29) is 11.9 Å². The number of halogens is 1. The van der Waals surface area contributed by atoms with Crippen LogP contribution in [0, 0.1) is 0 Å². The van der Waals surface area contributed by atoms with Gasteiger partial charge in [-0.3, -0.25) is 4.79 Å². The van der Waals surface area contributed by atoms with E-state index in [1.165, 1.54) is 6.92 Å². The van der Waals surface area contributed by atoms with Crippen molar-refractivity contribution in [1.29, 1.82) is 0 Å². The zero-order chi connectivity index (χ0) is 15.0. The van der Waals surface area contributed by atoms with Gasteiger partial charge in [0.15, 0.2) is 0 Å². The molecule has 3 nitrogen and oxygen atoms in total. The van der Waals surface area contributed by atoms with Gasteiger partial charge in [-0.25, -0.2) is 0 Å². The number of hydrogen-bond donors (Lipinski definition) is 1. The van der Waals surface area contributed by atoms with Gasteiger partial charge >= 0.3 is 0 Å². The maximum Gasteiger partial charge on any atom is 0.217 e. The normalized spacial score (nSPS) is 13.6. The second-order valence-electron chi connectivity index (χ2n) is 4.58. The van der Waals surface area contributed by atoms with Crippen LogP contribution >= 0.6 is 11.6 Å². The van der Waals surface area contributed by atoms with Crippen molar-refractivity contribution in [3.8, 4) is 0 Å². The molecule has 1 aromatic rings. The molecule has 110 valence electrons. The van der Waals surface area contributed by atoms with Gasteiger partial charge in [-0.1, -0.05) is 41.9 Å². The predicted octanol–water partition coefficient (Wildman–Crippen LogP) is 3.59. The molecule has 0 aromatic heterocycles. The second-order valence-corrected chi connectivity index (χ2v) is 4.98. The summed E-state index contributed by atoms with van der Waals surface area (Å²) in [5.74, 6) is -0.0921. The largest absolute Gasteiger partial charge is 0.382 e. The number of amides is 1. The maximum absolute atomic E-state index is 11.3. The summed E-state index contributed by atoms with van der Waals surface area (Å²) in [5, 5.41) is 3.54. The molecule has 0 aliphatic heterocycles. The molecule has 0 aliphatic carbocycles. The summed E-state index contributed by atoms with van der Waals surface area (Å²) in [6.45, 7) is 6.63. The van der Waals surface area contributed by atoms with Gasteiger partial charge in [-0.15, -0.1) is 0 Å². The summed E-state index contributed by atoms with van der Waals surface area (Å²) in [4.78, 5) is 11.3. The minimum atomic E-state index is -0.207. The first kappa shape index (κ1) is 16.7. The summed E-state index contributed by atoms with van der Waals surface area (Å²) >= 11 is 6.46. The highest BCUT2D eigenvalue weighted by Gasteiger charge is 2.16. The Labute approximate surface area is 126 Å². The fourth-order valence-electron chi connectivity index (χ4n) is 1.94. The van der Waals surface area contributed by atoms with E-state index in [1.807, 2.05) is 44.2 Å². The first-order valence-electron chi connectivity index (χ1n) is 6.82. The number of nitrogens with one attached hydrogen (secondary N) is 1. The van der Waals surface area contributed by atoms with Crippen molar-refractivity contribution in [1.82, 2.24) is 5.32 Å². The highest BCUT2D eigenvalue weighted by molar-refractivity contribution is 6.33. The molecule has 0 radical (unpaired) electrons. The molecule has 1 atom stereocenters. The molecule has 0 bridgehead atoms. The number of hydrogen-bond acceptors (Lipinski definition) is 2. The van der Waals surface area contributed by atoms with E-state index in [0.29, 0.717) is 24.7 Å². The molecule has 1 aromatic carbocycles. The lowest BCUT2D eigenvalue weighted by Crippen LogP contribution is -2.34. The topological polar surface area (TPSA) is 38.3 Å². The smallest absolute Gasteiger partial charge is 0.217 e. The number of rotatable bonds is 7. The SMILES string of the molecule is CCOCCC(NC(C)=O)/C(Cl)=C(\C)c1ccccc1.